The molecule has 7 nitrogen and oxygen atoms in total. The average molecular weight is 384 g/mol. The summed E-state index contributed by atoms with van der Waals surface area (Å²) in [5.74, 6) is 0. The molecule has 0 N–H and O–H groups in total. The lowest BCUT2D eigenvalue weighted by molar-refractivity contribution is -0.0527. The molecule has 0 fully saturated rings. The minimum Gasteiger partial charge on any atom is -0.396 e. The summed E-state index contributed by atoms with van der Waals surface area (Å²) in [7, 11) is -15.0. The monoisotopic (exact) mass is 384 g/mol. The first-order valence-corrected chi connectivity index (χ1v) is 8.87. The number of rotatable bonds is 6. The largest absolute Gasteiger partial charge is 0.512 e. The molecule has 0 aliphatic carbocycles. The second-order valence-corrected chi connectivity index (χ2v) is 8.93. The smallest absolute Gasteiger partial charge is 0.396 e. The first-order chi connectivity index (χ1) is 9.12. The molecule has 0 unspecified atom stereocenters. The van der Waals surface area contributed by atoms with Crippen LogP contribution in [0.3, 0.4) is 0 Å². The van der Waals surface area contributed by atoms with Crippen LogP contribution in [0.1, 0.15) is 0 Å². The molecule has 0 saturated heterocycles. The summed E-state index contributed by atoms with van der Waals surface area (Å²) in [6.45, 7) is 0. The fourth-order valence-electron chi connectivity index (χ4n) is 0.848. The predicted molar refractivity (Wildman–Crippen MR) is 56.4 cm³/mol. The van der Waals surface area contributed by atoms with Crippen molar-refractivity contribution in [2.45, 2.75) is 11.0 Å². The quantitative estimate of drug-likeness (QED) is 0.484. The zero-order valence-electron chi connectivity index (χ0n) is 10.2. The third kappa shape index (κ3) is 4.28. The highest BCUT2D eigenvalue weighted by atomic mass is 32.3. The summed E-state index contributed by atoms with van der Waals surface area (Å²) in [6, 6.07) is 0. The van der Waals surface area contributed by atoms with Gasteiger partial charge in [0, 0.05) is 14.2 Å². The maximum absolute atomic E-state index is 12.3. The SMILES string of the molecule is CO[Si](CN(S(=O)(=O)C(F)(F)F)S(=O)(=O)C(F)(F)F)OC. The molecule has 21 heavy (non-hydrogen) atoms. The third-order valence-corrected chi connectivity index (χ3v) is 7.46. The van der Waals surface area contributed by atoms with Crippen molar-refractivity contribution in [2.24, 2.45) is 0 Å². The van der Waals surface area contributed by atoms with Crippen molar-refractivity contribution >= 4 is 29.3 Å². The van der Waals surface area contributed by atoms with E-state index in [9.17, 15) is 43.2 Å². The summed E-state index contributed by atoms with van der Waals surface area (Å²) in [4.78, 5) is 0. The Bertz CT molecular complexity index is 507. The van der Waals surface area contributed by atoms with E-state index < -0.39 is 50.2 Å². The van der Waals surface area contributed by atoms with Crippen LogP contribution in [0.5, 0.6) is 0 Å². The summed E-state index contributed by atoms with van der Waals surface area (Å²) in [5.41, 5.74) is -12.5. The van der Waals surface area contributed by atoms with E-state index in [2.05, 4.69) is 8.85 Å². The van der Waals surface area contributed by atoms with Gasteiger partial charge in [-0.2, -0.15) is 26.3 Å². The average Bonchev–Trinajstić information content (AvgIpc) is 2.26. The van der Waals surface area contributed by atoms with Gasteiger partial charge in [0.05, 0.1) is 6.17 Å². The van der Waals surface area contributed by atoms with Crippen LogP contribution >= 0.6 is 0 Å². The van der Waals surface area contributed by atoms with Gasteiger partial charge in [-0.15, -0.1) is 0 Å². The van der Waals surface area contributed by atoms with Gasteiger partial charge in [-0.25, -0.2) is 16.8 Å². The van der Waals surface area contributed by atoms with Crippen molar-refractivity contribution in [3.05, 3.63) is 0 Å². The van der Waals surface area contributed by atoms with Gasteiger partial charge in [-0.3, -0.25) is 0 Å². The summed E-state index contributed by atoms with van der Waals surface area (Å²) >= 11 is 0. The van der Waals surface area contributed by atoms with E-state index in [-0.39, 0.29) is 0 Å². The summed E-state index contributed by atoms with van der Waals surface area (Å²) in [5, 5.41) is 0. The van der Waals surface area contributed by atoms with Gasteiger partial charge in [0.25, 0.3) is 0 Å². The molecule has 0 aromatic heterocycles. The molecule has 0 amide bonds. The maximum Gasteiger partial charge on any atom is 0.512 e. The Morgan fingerprint density at radius 2 is 1.14 bits per heavy atom. The van der Waals surface area contributed by atoms with Crippen molar-refractivity contribution in [3.8, 4) is 0 Å². The topological polar surface area (TPSA) is 90.0 Å². The Morgan fingerprint density at radius 1 is 0.857 bits per heavy atom. The molecule has 16 heteroatoms. The molecule has 0 aliphatic heterocycles. The number of alkyl halides is 6. The van der Waals surface area contributed by atoms with Crippen LogP contribution in [0.4, 0.5) is 26.3 Å². The summed E-state index contributed by atoms with van der Waals surface area (Å²) in [6.07, 6.45) is -1.76. The molecule has 0 saturated carbocycles. The van der Waals surface area contributed by atoms with Gasteiger partial charge in [0.15, 0.2) is 0 Å². The molecule has 0 spiro atoms. The first kappa shape index (κ1) is 20.6. The molecule has 0 bridgehead atoms. The second-order valence-electron chi connectivity index (χ2n) is 3.11. The van der Waals surface area contributed by atoms with Crippen molar-refractivity contribution < 1.29 is 52.0 Å². The molecule has 1 radical (unpaired) electrons. The molecule has 0 heterocycles. The Labute approximate surface area is 117 Å². The molecular weight excluding hydrogens is 376 g/mol. The zero-order valence-corrected chi connectivity index (χ0v) is 12.8. The number of halogens is 6. The van der Waals surface area contributed by atoms with Gasteiger partial charge < -0.3 is 8.85 Å². The fraction of sp³-hybridized carbons (Fsp3) is 1.00. The minimum atomic E-state index is -6.80. The first-order valence-electron chi connectivity index (χ1n) is 4.47. The standard InChI is InChI=1S/C5H8F6NO6S2Si/c1-17-21(18-2)3-12(19(13,14)4(6,7)8)20(15,16)5(9,10)11/h3H2,1-2H3. The van der Waals surface area contributed by atoms with Gasteiger partial charge >= 0.3 is 40.3 Å². The van der Waals surface area contributed by atoms with Gasteiger partial charge in [0.1, 0.15) is 0 Å². The lowest BCUT2D eigenvalue weighted by Crippen LogP contribution is -2.53. The minimum absolute atomic E-state index is 0.802. The molecule has 0 aromatic rings. The summed E-state index contributed by atoms with van der Waals surface area (Å²) < 4.78 is 125. The highest BCUT2D eigenvalue weighted by Gasteiger charge is 2.62. The number of hydrogen-bond acceptors (Lipinski definition) is 6. The second kappa shape index (κ2) is 6.37. The number of hydrogen-bond donors (Lipinski definition) is 0. The normalized spacial score (nSPS) is 15.0. The van der Waals surface area contributed by atoms with E-state index in [4.69, 9.17) is 0 Å². The lowest BCUT2D eigenvalue weighted by Gasteiger charge is -2.24. The molecule has 0 aliphatic rings. The van der Waals surface area contributed by atoms with Gasteiger partial charge in [-0.05, 0) is 0 Å². The molecule has 0 rings (SSSR count). The van der Waals surface area contributed by atoms with Crippen molar-refractivity contribution in [2.75, 3.05) is 20.4 Å². The van der Waals surface area contributed by atoms with Crippen molar-refractivity contribution in [1.82, 2.24) is 3.71 Å². The van der Waals surface area contributed by atoms with Crippen LogP contribution in [0, 0.1) is 0 Å². The highest BCUT2D eigenvalue weighted by Crippen LogP contribution is 2.35. The number of sulfonamides is 2. The van der Waals surface area contributed by atoms with Gasteiger partial charge in [-0.1, -0.05) is 3.71 Å². The van der Waals surface area contributed by atoms with E-state index in [0.29, 0.717) is 0 Å². The Morgan fingerprint density at radius 3 is 1.33 bits per heavy atom. The predicted octanol–water partition coefficient (Wildman–Crippen LogP) is 0.308. The van der Waals surface area contributed by atoms with Gasteiger partial charge in [0.2, 0.25) is 0 Å². The van der Waals surface area contributed by atoms with Crippen LogP contribution in [0.25, 0.3) is 0 Å². The van der Waals surface area contributed by atoms with Crippen LogP contribution in [-0.4, -0.2) is 61.2 Å². The number of nitrogens with zero attached hydrogens (tertiary/aromatic N) is 1. The van der Waals surface area contributed by atoms with Crippen molar-refractivity contribution in [3.63, 3.8) is 0 Å². The zero-order chi connectivity index (χ0) is 17.3. The lowest BCUT2D eigenvalue weighted by atomic mass is 11.5. The Balaban J connectivity index is 6.09. The van der Waals surface area contributed by atoms with E-state index in [0.717, 1.165) is 14.2 Å². The van der Waals surface area contributed by atoms with E-state index in [1.54, 1.807) is 0 Å². The van der Waals surface area contributed by atoms with E-state index in [1.807, 2.05) is 0 Å². The maximum atomic E-state index is 12.3. The molecule has 0 atom stereocenters. The molecule has 127 valence electrons. The Hall–Kier alpha value is -0.423. The molecular formula is C5H8F6NO6S2Si. The highest BCUT2D eigenvalue weighted by molar-refractivity contribution is 8.04. The van der Waals surface area contributed by atoms with Crippen LogP contribution < -0.4 is 0 Å². The molecule has 0 aromatic carbocycles. The van der Waals surface area contributed by atoms with E-state index >= 15 is 0 Å². The van der Waals surface area contributed by atoms with E-state index in [1.165, 1.54) is 0 Å². The van der Waals surface area contributed by atoms with Crippen LogP contribution in [-0.2, 0) is 28.9 Å². The fourth-order valence-corrected chi connectivity index (χ4v) is 5.48. The Kier molecular flexibility index (Phi) is 6.24. The van der Waals surface area contributed by atoms with Crippen molar-refractivity contribution in [1.29, 1.82) is 0 Å². The van der Waals surface area contributed by atoms with Crippen LogP contribution in [0.2, 0.25) is 0 Å². The third-order valence-electron chi connectivity index (χ3n) is 1.83. The van der Waals surface area contributed by atoms with Crippen LogP contribution in [0.15, 0.2) is 0 Å².